The summed E-state index contributed by atoms with van der Waals surface area (Å²) in [6, 6.07) is 0. The van der Waals surface area contributed by atoms with Crippen LogP contribution in [0.15, 0.2) is 0 Å². The number of hydrogen-bond acceptors (Lipinski definition) is 6. The lowest BCUT2D eigenvalue weighted by Gasteiger charge is -2.28. The van der Waals surface area contributed by atoms with Crippen LogP contribution in [0.3, 0.4) is 0 Å². The minimum atomic E-state index is -0.629. The molecule has 0 bridgehead atoms. The third kappa shape index (κ3) is 2.63. The van der Waals surface area contributed by atoms with Crippen LogP contribution in [0.5, 0.6) is 11.5 Å². The summed E-state index contributed by atoms with van der Waals surface area (Å²) in [5.74, 6) is -0.849. The molecule has 0 aromatic carbocycles. The fraction of sp³-hybridized carbons (Fsp3) is 0.600. The zero-order valence-electron chi connectivity index (χ0n) is 13.3. The highest BCUT2D eigenvalue weighted by molar-refractivity contribution is 5.98. The predicted octanol–water partition coefficient (Wildman–Crippen LogP) is 2.17. The Morgan fingerprint density at radius 3 is 1.73 bits per heavy atom. The van der Waals surface area contributed by atoms with Gasteiger partial charge in [0, 0.05) is 5.41 Å². The molecular weight excluding hydrogens is 290 g/mol. The second-order valence-electron chi connectivity index (χ2n) is 5.30. The van der Waals surface area contributed by atoms with E-state index in [2.05, 4.69) is 18.8 Å². The van der Waals surface area contributed by atoms with Crippen molar-refractivity contribution in [3.63, 3.8) is 0 Å². The van der Waals surface area contributed by atoms with Crippen molar-refractivity contribution in [3.8, 4) is 11.5 Å². The Balaban J connectivity index is 2.48. The molecule has 1 aromatic heterocycles. The van der Waals surface area contributed by atoms with Crippen molar-refractivity contribution in [2.24, 2.45) is 5.41 Å². The monoisotopic (exact) mass is 311 g/mol. The molecule has 0 atom stereocenters. The topological polar surface area (TPSA) is 86.9 Å². The van der Waals surface area contributed by atoms with Crippen LogP contribution in [0.25, 0.3) is 0 Å². The summed E-state index contributed by atoms with van der Waals surface area (Å²) in [7, 11) is 2.51. The van der Waals surface area contributed by atoms with Crippen LogP contribution in [0.4, 0.5) is 0 Å². The van der Waals surface area contributed by atoms with Crippen LogP contribution >= 0.6 is 0 Å². The molecule has 2 rings (SSSR count). The first-order chi connectivity index (χ1) is 10.5. The van der Waals surface area contributed by atoms with E-state index in [1.807, 2.05) is 0 Å². The zero-order chi connectivity index (χ0) is 16.3. The number of esters is 2. The van der Waals surface area contributed by atoms with Gasteiger partial charge in [0.1, 0.15) is 0 Å². The van der Waals surface area contributed by atoms with Gasteiger partial charge in [0.05, 0.1) is 27.4 Å². The molecule has 0 saturated heterocycles. The lowest BCUT2D eigenvalue weighted by atomic mass is 9.84. The molecule has 1 aliphatic heterocycles. The number of carbonyl (C=O) groups is 2. The molecule has 122 valence electrons. The van der Waals surface area contributed by atoms with Crippen molar-refractivity contribution in [2.45, 2.75) is 26.7 Å². The number of methoxy groups -OCH3 is 2. The maximum Gasteiger partial charge on any atom is 0.358 e. The number of fused-ring (bicyclic) bond motifs is 1. The molecule has 0 fully saturated rings. The Kier molecular flexibility index (Phi) is 4.63. The van der Waals surface area contributed by atoms with E-state index >= 15 is 0 Å². The van der Waals surface area contributed by atoms with E-state index in [0.29, 0.717) is 13.2 Å². The van der Waals surface area contributed by atoms with Crippen molar-refractivity contribution >= 4 is 11.9 Å². The lowest BCUT2D eigenvalue weighted by molar-refractivity contribution is 0.0574. The Bertz CT molecular complexity index is 528. The summed E-state index contributed by atoms with van der Waals surface area (Å²) < 4.78 is 21.1. The molecule has 0 amide bonds. The largest absolute Gasteiger partial charge is 0.487 e. The van der Waals surface area contributed by atoms with E-state index in [-0.39, 0.29) is 28.3 Å². The van der Waals surface area contributed by atoms with Crippen LogP contribution in [0, 0.1) is 5.41 Å². The molecule has 2 heterocycles. The van der Waals surface area contributed by atoms with Crippen LogP contribution in [0.1, 0.15) is 47.7 Å². The number of rotatable bonds is 4. The summed E-state index contributed by atoms with van der Waals surface area (Å²) in [5.41, 5.74) is -0.0471. The van der Waals surface area contributed by atoms with Gasteiger partial charge < -0.3 is 23.9 Å². The molecular formula is C15H21NO6. The van der Waals surface area contributed by atoms with Gasteiger partial charge >= 0.3 is 11.9 Å². The van der Waals surface area contributed by atoms with Crippen LogP contribution in [0.2, 0.25) is 0 Å². The highest BCUT2D eigenvalue weighted by atomic mass is 16.6. The van der Waals surface area contributed by atoms with E-state index in [0.717, 1.165) is 12.8 Å². The van der Waals surface area contributed by atoms with Gasteiger partial charge in [0.15, 0.2) is 22.9 Å². The maximum atomic E-state index is 11.9. The number of nitrogens with one attached hydrogen (secondary N) is 1. The summed E-state index contributed by atoms with van der Waals surface area (Å²) in [6.07, 6.45) is 1.72. The van der Waals surface area contributed by atoms with Crippen molar-refractivity contribution in [3.05, 3.63) is 11.4 Å². The SMILES string of the molecule is CCC1(CC)COc2c(C(=O)OC)[nH]c(C(=O)OC)c2OC1. The van der Waals surface area contributed by atoms with E-state index in [1.165, 1.54) is 14.2 Å². The van der Waals surface area contributed by atoms with E-state index < -0.39 is 11.9 Å². The predicted molar refractivity (Wildman–Crippen MR) is 77.5 cm³/mol. The maximum absolute atomic E-state index is 11.9. The summed E-state index contributed by atoms with van der Waals surface area (Å²) in [6.45, 7) is 4.91. The van der Waals surface area contributed by atoms with Crippen LogP contribution in [-0.2, 0) is 9.47 Å². The third-order valence-electron chi connectivity index (χ3n) is 4.23. The minimum absolute atomic E-state index is 0.0564. The highest BCUT2D eigenvalue weighted by Gasteiger charge is 2.37. The Morgan fingerprint density at radius 1 is 1.00 bits per heavy atom. The fourth-order valence-electron chi connectivity index (χ4n) is 2.38. The van der Waals surface area contributed by atoms with Gasteiger partial charge in [-0.05, 0) is 12.8 Å². The zero-order valence-corrected chi connectivity index (χ0v) is 13.3. The van der Waals surface area contributed by atoms with E-state index in [1.54, 1.807) is 0 Å². The number of ether oxygens (including phenoxy) is 4. The molecule has 0 radical (unpaired) electrons. The molecule has 0 spiro atoms. The molecule has 0 saturated carbocycles. The molecule has 0 unspecified atom stereocenters. The summed E-state index contributed by atoms with van der Waals surface area (Å²) in [4.78, 5) is 26.4. The van der Waals surface area contributed by atoms with Gasteiger partial charge in [-0.3, -0.25) is 0 Å². The number of aromatic amines is 1. The van der Waals surface area contributed by atoms with Crippen molar-refractivity contribution in [1.82, 2.24) is 4.98 Å². The Morgan fingerprint density at radius 2 is 1.41 bits per heavy atom. The third-order valence-corrected chi connectivity index (χ3v) is 4.23. The van der Waals surface area contributed by atoms with Gasteiger partial charge in [0.2, 0.25) is 0 Å². The van der Waals surface area contributed by atoms with E-state index in [9.17, 15) is 9.59 Å². The summed E-state index contributed by atoms with van der Waals surface area (Å²) >= 11 is 0. The van der Waals surface area contributed by atoms with Gasteiger partial charge in [-0.25, -0.2) is 9.59 Å². The molecule has 22 heavy (non-hydrogen) atoms. The van der Waals surface area contributed by atoms with Crippen molar-refractivity contribution in [2.75, 3.05) is 27.4 Å². The average Bonchev–Trinajstić information content (AvgIpc) is 2.82. The first-order valence-electron chi connectivity index (χ1n) is 7.20. The number of hydrogen-bond donors (Lipinski definition) is 1. The highest BCUT2D eigenvalue weighted by Crippen LogP contribution is 2.42. The van der Waals surface area contributed by atoms with Gasteiger partial charge in [-0.15, -0.1) is 0 Å². The van der Waals surface area contributed by atoms with Gasteiger partial charge in [-0.1, -0.05) is 13.8 Å². The normalized spacial score (nSPS) is 15.8. The number of H-pyrrole nitrogens is 1. The number of aromatic nitrogens is 1. The smallest absolute Gasteiger partial charge is 0.358 e. The molecule has 7 nitrogen and oxygen atoms in total. The first kappa shape index (κ1) is 16.2. The minimum Gasteiger partial charge on any atom is -0.487 e. The summed E-state index contributed by atoms with van der Waals surface area (Å²) in [5, 5.41) is 0. The standard InChI is InChI=1S/C15H21NO6/c1-5-15(6-2)7-21-11-9(13(17)19-3)16-10(14(18)20-4)12(11)22-8-15/h16H,5-8H2,1-4H3. The van der Waals surface area contributed by atoms with Crippen molar-refractivity contribution in [1.29, 1.82) is 0 Å². The fourth-order valence-corrected chi connectivity index (χ4v) is 2.38. The Hall–Kier alpha value is -2.18. The number of carbonyl (C=O) groups excluding carboxylic acids is 2. The molecule has 0 aliphatic carbocycles. The quantitative estimate of drug-likeness (QED) is 0.858. The molecule has 1 N–H and O–H groups in total. The van der Waals surface area contributed by atoms with Crippen molar-refractivity contribution < 1.29 is 28.5 Å². The molecule has 7 heteroatoms. The van der Waals surface area contributed by atoms with Gasteiger partial charge in [0.25, 0.3) is 0 Å². The lowest BCUT2D eigenvalue weighted by Crippen LogP contribution is -2.32. The second kappa shape index (κ2) is 6.29. The van der Waals surface area contributed by atoms with Crippen LogP contribution in [-0.4, -0.2) is 44.4 Å². The molecule has 1 aromatic rings. The molecule has 1 aliphatic rings. The Labute approximate surface area is 128 Å². The first-order valence-corrected chi connectivity index (χ1v) is 7.20. The van der Waals surface area contributed by atoms with Crippen LogP contribution < -0.4 is 9.47 Å². The second-order valence-corrected chi connectivity index (χ2v) is 5.30. The van der Waals surface area contributed by atoms with E-state index in [4.69, 9.17) is 18.9 Å². The van der Waals surface area contributed by atoms with Gasteiger partial charge in [-0.2, -0.15) is 0 Å². The average molecular weight is 311 g/mol.